The average molecular weight is 507 g/mol. The Balaban J connectivity index is 1.96. The minimum absolute atomic E-state index is 0.128. The number of hydrogen-bond acceptors (Lipinski definition) is 3. The molecule has 0 fully saturated rings. The Labute approximate surface area is 201 Å². The smallest absolute Gasteiger partial charge is 0.341 e. The highest BCUT2D eigenvalue weighted by molar-refractivity contribution is 6.36. The van der Waals surface area contributed by atoms with Crippen molar-refractivity contribution in [3.8, 4) is 34.0 Å². The molecule has 0 saturated heterocycles. The molecule has 0 aliphatic heterocycles. The van der Waals surface area contributed by atoms with Crippen molar-refractivity contribution >= 4 is 40.8 Å². The zero-order chi connectivity index (χ0) is 23.7. The van der Waals surface area contributed by atoms with Crippen molar-refractivity contribution < 1.29 is 23.4 Å². The molecule has 0 radical (unpaired) electrons. The number of nitrogens with zero attached hydrogens (tertiary/aromatic N) is 1. The van der Waals surface area contributed by atoms with Crippen LogP contribution >= 0.6 is 34.8 Å². The molecule has 1 aromatic heterocycles. The molecular weight excluding hydrogens is 495 g/mol. The quantitative estimate of drug-likeness (QED) is 0.297. The summed E-state index contributed by atoms with van der Waals surface area (Å²) in [4.78, 5) is 16.4. The first-order chi connectivity index (χ1) is 15.7. The number of ether oxygens (including phenoxy) is 1. The van der Waals surface area contributed by atoms with Crippen molar-refractivity contribution in [2.45, 2.75) is 0 Å². The molecule has 4 rings (SSSR count). The number of pyridine rings is 1. The zero-order valence-corrected chi connectivity index (χ0v) is 18.7. The fourth-order valence-electron chi connectivity index (χ4n) is 3.12. The van der Waals surface area contributed by atoms with E-state index in [2.05, 4.69) is 4.98 Å². The van der Waals surface area contributed by atoms with Crippen LogP contribution in [0, 0.1) is 11.6 Å². The minimum atomic E-state index is -1.33. The molecule has 1 heterocycles. The summed E-state index contributed by atoms with van der Waals surface area (Å²) in [6.07, 6.45) is 0. The van der Waals surface area contributed by atoms with Gasteiger partial charge >= 0.3 is 5.97 Å². The first-order valence-corrected chi connectivity index (χ1v) is 10.5. The molecule has 3 aromatic carbocycles. The topological polar surface area (TPSA) is 59.4 Å². The summed E-state index contributed by atoms with van der Waals surface area (Å²) >= 11 is 18.4. The molecule has 9 heteroatoms. The van der Waals surface area contributed by atoms with Crippen LogP contribution in [0.3, 0.4) is 0 Å². The second-order valence-corrected chi connectivity index (χ2v) is 8.13. The lowest BCUT2D eigenvalue weighted by atomic mass is 9.97. The van der Waals surface area contributed by atoms with Crippen molar-refractivity contribution in [1.82, 2.24) is 4.98 Å². The molecule has 0 spiro atoms. The Morgan fingerprint density at radius 3 is 2.15 bits per heavy atom. The van der Waals surface area contributed by atoms with Crippen LogP contribution in [0.15, 0.2) is 66.7 Å². The highest BCUT2D eigenvalue weighted by Crippen LogP contribution is 2.40. The predicted octanol–water partition coefficient (Wildman–Crippen LogP) is 8.14. The largest absolute Gasteiger partial charge is 0.477 e. The van der Waals surface area contributed by atoms with Crippen LogP contribution in [0.1, 0.15) is 10.4 Å². The number of benzene rings is 3. The number of carboxylic acids is 1. The van der Waals surface area contributed by atoms with Crippen molar-refractivity contribution in [3.05, 3.63) is 99.0 Å². The molecule has 0 unspecified atom stereocenters. The lowest BCUT2D eigenvalue weighted by molar-refractivity contribution is 0.0693. The fourth-order valence-corrected chi connectivity index (χ4v) is 3.74. The monoisotopic (exact) mass is 505 g/mol. The molecule has 4 nitrogen and oxygen atoms in total. The molecule has 0 aliphatic rings. The Bertz CT molecular complexity index is 1380. The van der Waals surface area contributed by atoms with Gasteiger partial charge in [0.15, 0.2) is 11.6 Å². The lowest BCUT2D eigenvalue weighted by Gasteiger charge is -2.16. The molecule has 1 N–H and O–H groups in total. The van der Waals surface area contributed by atoms with Gasteiger partial charge in [0.25, 0.3) is 0 Å². The van der Waals surface area contributed by atoms with Crippen LogP contribution in [0.5, 0.6) is 11.6 Å². The maximum absolute atomic E-state index is 13.7. The summed E-state index contributed by atoms with van der Waals surface area (Å²) in [6, 6.07) is 15.7. The van der Waals surface area contributed by atoms with Gasteiger partial charge in [-0.25, -0.2) is 18.6 Å². The summed E-state index contributed by atoms with van der Waals surface area (Å²) in [6.45, 7) is 0. The van der Waals surface area contributed by atoms with E-state index in [1.165, 1.54) is 12.1 Å². The number of aromatic nitrogens is 1. The third-order valence-corrected chi connectivity index (χ3v) is 5.46. The highest BCUT2D eigenvalue weighted by atomic mass is 35.5. The molecular formula is C24H12Cl3F2NO3. The Morgan fingerprint density at radius 2 is 1.52 bits per heavy atom. The van der Waals surface area contributed by atoms with E-state index in [1.807, 2.05) is 0 Å². The first-order valence-electron chi connectivity index (χ1n) is 9.35. The van der Waals surface area contributed by atoms with E-state index in [0.717, 1.165) is 18.2 Å². The summed E-state index contributed by atoms with van der Waals surface area (Å²) in [5.41, 5.74) is 1.51. The van der Waals surface area contributed by atoms with Crippen LogP contribution in [-0.2, 0) is 0 Å². The predicted molar refractivity (Wildman–Crippen MR) is 124 cm³/mol. The SMILES string of the molecule is O=C(O)c1cc(-c2ccc(Cl)cc2)c(-c2ccc(Cl)cc2Cl)nc1Oc1ccc(F)c(F)c1. The molecule has 0 amide bonds. The normalized spacial score (nSPS) is 10.8. The number of rotatable bonds is 5. The number of carbonyl (C=O) groups is 1. The van der Waals surface area contributed by atoms with E-state index in [0.29, 0.717) is 32.4 Å². The van der Waals surface area contributed by atoms with E-state index in [4.69, 9.17) is 39.5 Å². The van der Waals surface area contributed by atoms with E-state index in [1.54, 1.807) is 36.4 Å². The summed E-state index contributed by atoms with van der Waals surface area (Å²) in [5, 5.41) is 11.0. The van der Waals surface area contributed by atoms with Gasteiger partial charge in [-0.1, -0.05) is 46.9 Å². The third kappa shape index (κ3) is 4.93. The first kappa shape index (κ1) is 23.0. The third-order valence-electron chi connectivity index (χ3n) is 4.67. The van der Waals surface area contributed by atoms with Gasteiger partial charge in [-0.3, -0.25) is 0 Å². The van der Waals surface area contributed by atoms with Crippen LogP contribution in [-0.4, -0.2) is 16.1 Å². The Hall–Kier alpha value is -3.19. The standard InChI is InChI=1S/C24H12Cl3F2NO3/c25-13-3-1-12(2-4-13)17-11-18(24(31)32)23(33-15-6-8-20(28)21(29)10-15)30-22(17)16-7-5-14(26)9-19(16)27/h1-11H,(H,31,32). The van der Waals surface area contributed by atoms with Crippen molar-refractivity contribution in [3.63, 3.8) is 0 Å². The van der Waals surface area contributed by atoms with Crippen LogP contribution in [0.25, 0.3) is 22.4 Å². The molecule has 33 heavy (non-hydrogen) atoms. The summed E-state index contributed by atoms with van der Waals surface area (Å²) in [7, 11) is 0. The fraction of sp³-hybridized carbons (Fsp3) is 0. The van der Waals surface area contributed by atoms with Gasteiger partial charge in [0.05, 0.1) is 10.7 Å². The zero-order valence-electron chi connectivity index (χ0n) is 16.5. The van der Waals surface area contributed by atoms with E-state index in [9.17, 15) is 18.7 Å². The molecule has 0 saturated carbocycles. The van der Waals surface area contributed by atoms with Crippen molar-refractivity contribution in [1.29, 1.82) is 0 Å². The Kier molecular flexibility index (Phi) is 6.51. The number of carboxylic acid groups (broad SMARTS) is 1. The maximum atomic E-state index is 13.7. The van der Waals surface area contributed by atoms with E-state index >= 15 is 0 Å². The molecule has 166 valence electrons. The van der Waals surface area contributed by atoms with Gasteiger partial charge in [0.2, 0.25) is 5.88 Å². The van der Waals surface area contributed by atoms with Crippen molar-refractivity contribution in [2.75, 3.05) is 0 Å². The van der Waals surface area contributed by atoms with Crippen LogP contribution in [0.4, 0.5) is 8.78 Å². The maximum Gasteiger partial charge on any atom is 0.341 e. The number of hydrogen-bond donors (Lipinski definition) is 1. The van der Waals surface area contributed by atoms with Crippen molar-refractivity contribution in [2.24, 2.45) is 0 Å². The Morgan fingerprint density at radius 1 is 0.818 bits per heavy atom. The second-order valence-electron chi connectivity index (χ2n) is 6.85. The molecule has 0 aliphatic carbocycles. The minimum Gasteiger partial charge on any atom is -0.477 e. The van der Waals surface area contributed by atoms with Gasteiger partial charge < -0.3 is 9.84 Å². The molecule has 0 bridgehead atoms. The van der Waals surface area contributed by atoms with Gasteiger partial charge in [-0.05, 0) is 54.1 Å². The van der Waals surface area contributed by atoms with Crippen LogP contribution < -0.4 is 4.74 Å². The summed E-state index contributed by atoms with van der Waals surface area (Å²) in [5.74, 6) is -4.00. The highest BCUT2D eigenvalue weighted by Gasteiger charge is 2.22. The van der Waals surface area contributed by atoms with Gasteiger partial charge in [0, 0.05) is 27.2 Å². The lowest BCUT2D eigenvalue weighted by Crippen LogP contribution is -2.05. The number of halogens is 5. The molecule has 4 aromatic rings. The van der Waals surface area contributed by atoms with Gasteiger partial charge in [-0.2, -0.15) is 0 Å². The average Bonchev–Trinajstić information content (AvgIpc) is 2.77. The number of aromatic carboxylic acids is 1. The second kappa shape index (κ2) is 9.35. The van der Waals surface area contributed by atoms with Gasteiger partial charge in [0.1, 0.15) is 11.3 Å². The summed E-state index contributed by atoms with van der Waals surface area (Å²) < 4.78 is 32.5. The van der Waals surface area contributed by atoms with E-state index in [-0.39, 0.29) is 22.2 Å². The van der Waals surface area contributed by atoms with E-state index < -0.39 is 17.6 Å². The van der Waals surface area contributed by atoms with Gasteiger partial charge in [-0.15, -0.1) is 0 Å². The van der Waals surface area contributed by atoms with Crippen LogP contribution in [0.2, 0.25) is 15.1 Å². The molecule has 0 atom stereocenters.